The molecule has 1 aliphatic carbocycles. The zero-order valence-corrected chi connectivity index (χ0v) is 18.1. The van der Waals surface area contributed by atoms with Crippen molar-refractivity contribution in [3.8, 4) is 23.1 Å². The third-order valence-corrected chi connectivity index (χ3v) is 6.78. The minimum atomic E-state index is 0.357. The molecule has 1 saturated carbocycles. The van der Waals surface area contributed by atoms with E-state index >= 15 is 0 Å². The first kappa shape index (κ1) is 19.3. The lowest BCUT2D eigenvalue weighted by atomic mass is 10.1. The van der Waals surface area contributed by atoms with E-state index in [4.69, 9.17) is 4.98 Å². The predicted molar refractivity (Wildman–Crippen MR) is 127 cm³/mol. The Bertz CT molecular complexity index is 1290. The summed E-state index contributed by atoms with van der Waals surface area (Å²) in [5, 5.41) is 3.49. The number of H-pyrrole nitrogens is 2. The average Bonchev–Trinajstić information content (AvgIpc) is 3.63. The van der Waals surface area contributed by atoms with Crippen molar-refractivity contribution in [3.63, 3.8) is 0 Å². The van der Waals surface area contributed by atoms with Gasteiger partial charge in [0.2, 0.25) is 0 Å². The van der Waals surface area contributed by atoms with Gasteiger partial charge in [-0.1, -0.05) is 36.8 Å². The van der Waals surface area contributed by atoms with Crippen LogP contribution in [0.4, 0.5) is 0 Å². The largest absolute Gasteiger partial charge is 0.342 e. The molecule has 5 heteroatoms. The number of nitrogens with zero attached hydrogens (tertiary/aromatic N) is 2. The van der Waals surface area contributed by atoms with Crippen LogP contribution >= 0.6 is 0 Å². The van der Waals surface area contributed by atoms with Crippen molar-refractivity contribution in [1.82, 2.24) is 25.3 Å². The monoisotopic (exact) mass is 421 g/mol. The number of fused-ring (bicyclic) bond motifs is 1. The fourth-order valence-electron chi connectivity index (χ4n) is 4.96. The first-order valence-corrected chi connectivity index (χ1v) is 11.7. The number of aromatic nitrogens is 4. The molecule has 2 aromatic heterocycles. The minimum Gasteiger partial charge on any atom is -0.342 e. The van der Waals surface area contributed by atoms with Crippen molar-refractivity contribution < 1.29 is 0 Å². The molecule has 0 amide bonds. The molecule has 1 saturated heterocycles. The van der Waals surface area contributed by atoms with E-state index in [0.29, 0.717) is 12.0 Å². The summed E-state index contributed by atoms with van der Waals surface area (Å²) in [6.45, 7) is 1.07. The number of nitrogens with one attached hydrogen (secondary N) is 3. The second-order valence-corrected chi connectivity index (χ2v) is 8.99. The van der Waals surface area contributed by atoms with Gasteiger partial charge >= 0.3 is 0 Å². The lowest BCUT2D eigenvalue weighted by Gasteiger charge is -2.05. The molecule has 5 nitrogen and oxygen atoms in total. The van der Waals surface area contributed by atoms with Crippen molar-refractivity contribution in [1.29, 1.82) is 0 Å². The van der Waals surface area contributed by atoms with Gasteiger partial charge in [-0.25, -0.2) is 9.97 Å². The van der Waals surface area contributed by atoms with Gasteiger partial charge in [0.1, 0.15) is 11.6 Å². The molecule has 2 aliphatic rings. The van der Waals surface area contributed by atoms with Gasteiger partial charge in [-0.2, -0.15) is 0 Å². The smallest absolute Gasteiger partial charge is 0.123 e. The van der Waals surface area contributed by atoms with Crippen LogP contribution in [-0.2, 0) is 0 Å². The van der Waals surface area contributed by atoms with Gasteiger partial charge < -0.3 is 15.3 Å². The van der Waals surface area contributed by atoms with Gasteiger partial charge in [0, 0.05) is 17.0 Å². The van der Waals surface area contributed by atoms with E-state index in [0.717, 1.165) is 58.0 Å². The zero-order valence-electron chi connectivity index (χ0n) is 18.1. The summed E-state index contributed by atoms with van der Waals surface area (Å²) >= 11 is 0. The summed E-state index contributed by atoms with van der Waals surface area (Å²) in [4.78, 5) is 16.4. The molecule has 160 valence electrons. The Kier molecular flexibility index (Phi) is 5.01. The van der Waals surface area contributed by atoms with E-state index in [1.807, 2.05) is 6.20 Å². The van der Waals surface area contributed by atoms with E-state index in [9.17, 15) is 0 Å². The Morgan fingerprint density at radius 1 is 0.812 bits per heavy atom. The van der Waals surface area contributed by atoms with Crippen LogP contribution in [0.2, 0.25) is 0 Å². The van der Waals surface area contributed by atoms with Crippen molar-refractivity contribution >= 4 is 11.0 Å². The van der Waals surface area contributed by atoms with Crippen LogP contribution in [0.3, 0.4) is 0 Å². The second kappa shape index (κ2) is 8.29. The molecular weight excluding hydrogens is 394 g/mol. The quantitative estimate of drug-likeness (QED) is 0.386. The molecule has 0 spiro atoms. The molecule has 3 N–H and O–H groups in total. The minimum absolute atomic E-state index is 0.357. The Balaban J connectivity index is 1.18. The first-order valence-electron chi connectivity index (χ1n) is 11.7. The van der Waals surface area contributed by atoms with E-state index < -0.39 is 0 Å². The molecule has 0 unspecified atom stereocenters. The molecular formula is C27H27N5. The molecule has 6 rings (SSSR count). The first-order chi connectivity index (χ1) is 15.8. The summed E-state index contributed by atoms with van der Waals surface area (Å²) in [6, 6.07) is 15.0. The fourth-order valence-corrected chi connectivity index (χ4v) is 4.96. The summed E-state index contributed by atoms with van der Waals surface area (Å²) < 4.78 is 0. The van der Waals surface area contributed by atoms with Crippen molar-refractivity contribution in [2.45, 2.75) is 50.5 Å². The fraction of sp³-hybridized carbons (Fsp3) is 0.333. The van der Waals surface area contributed by atoms with Crippen LogP contribution in [-0.4, -0.2) is 26.5 Å². The maximum Gasteiger partial charge on any atom is 0.123 e. The highest BCUT2D eigenvalue weighted by Crippen LogP contribution is 2.33. The molecule has 0 bridgehead atoms. The summed E-state index contributed by atoms with van der Waals surface area (Å²) in [5.41, 5.74) is 6.31. The lowest BCUT2D eigenvalue weighted by molar-refractivity contribution is 0.613. The molecule has 0 radical (unpaired) electrons. The van der Waals surface area contributed by atoms with Crippen LogP contribution in [0, 0.1) is 11.8 Å². The van der Waals surface area contributed by atoms with Crippen LogP contribution in [0.25, 0.3) is 22.3 Å². The predicted octanol–water partition coefficient (Wildman–Crippen LogP) is 5.43. The average molecular weight is 422 g/mol. The van der Waals surface area contributed by atoms with E-state index in [1.165, 1.54) is 32.1 Å². The Labute approximate surface area is 188 Å². The third-order valence-electron chi connectivity index (χ3n) is 6.78. The van der Waals surface area contributed by atoms with Gasteiger partial charge in [-0.3, -0.25) is 0 Å². The number of hydrogen-bond acceptors (Lipinski definition) is 3. The van der Waals surface area contributed by atoms with Gasteiger partial charge in [-0.05, 0) is 68.1 Å². The zero-order chi connectivity index (χ0) is 21.3. The number of imidazole rings is 2. The molecule has 1 aliphatic heterocycles. The number of hydrogen-bond donors (Lipinski definition) is 3. The molecule has 2 fully saturated rings. The summed E-state index contributed by atoms with van der Waals surface area (Å²) in [7, 11) is 0. The number of rotatable bonds is 3. The standard InChI is InChI=1S/C27H27N5/c1-2-5-21(4-1)26-30-22-14-11-19(16-24(22)31-26)8-7-18-9-12-20(13-10-18)25-17-29-27(32-25)23-6-3-15-28-23/h9-14,16-17,21,23,28H,1-6,15H2,(H,29,32)(H,30,31)/t23-/m1/s1. The lowest BCUT2D eigenvalue weighted by Crippen LogP contribution is -2.14. The molecule has 4 aromatic rings. The van der Waals surface area contributed by atoms with Crippen LogP contribution < -0.4 is 5.32 Å². The van der Waals surface area contributed by atoms with Gasteiger partial charge in [0.15, 0.2) is 0 Å². The highest BCUT2D eigenvalue weighted by Gasteiger charge is 2.20. The maximum atomic E-state index is 4.80. The van der Waals surface area contributed by atoms with E-state index in [-0.39, 0.29) is 0 Å². The third kappa shape index (κ3) is 3.83. The molecule has 32 heavy (non-hydrogen) atoms. The van der Waals surface area contributed by atoms with Gasteiger partial charge in [-0.15, -0.1) is 0 Å². The van der Waals surface area contributed by atoms with E-state index in [2.05, 4.69) is 74.6 Å². The summed E-state index contributed by atoms with van der Waals surface area (Å²) in [6.07, 6.45) is 9.42. The topological polar surface area (TPSA) is 69.4 Å². The van der Waals surface area contributed by atoms with Crippen LogP contribution in [0.1, 0.15) is 73.3 Å². The highest BCUT2D eigenvalue weighted by atomic mass is 15.0. The molecule has 3 heterocycles. The summed E-state index contributed by atoms with van der Waals surface area (Å²) in [5.74, 6) is 9.37. The number of benzene rings is 2. The van der Waals surface area contributed by atoms with Crippen LogP contribution in [0.5, 0.6) is 0 Å². The van der Waals surface area contributed by atoms with Gasteiger partial charge in [0.25, 0.3) is 0 Å². The Morgan fingerprint density at radius 3 is 2.44 bits per heavy atom. The normalized spacial score (nSPS) is 18.8. The Morgan fingerprint density at radius 2 is 1.62 bits per heavy atom. The maximum absolute atomic E-state index is 4.80. The molecule has 1 atom stereocenters. The van der Waals surface area contributed by atoms with Crippen molar-refractivity contribution in [2.24, 2.45) is 0 Å². The Hall–Kier alpha value is -3.36. The van der Waals surface area contributed by atoms with Crippen molar-refractivity contribution in [3.05, 3.63) is 71.4 Å². The second-order valence-electron chi connectivity index (χ2n) is 8.99. The molecule has 2 aromatic carbocycles. The van der Waals surface area contributed by atoms with Gasteiger partial charge in [0.05, 0.1) is 29.0 Å². The number of aromatic amines is 2. The SMILES string of the molecule is C(#Cc1ccc2nc(C3CCCC3)[nH]c2c1)c1ccc(-c2cnc([C@H]3CCCN3)[nH]2)cc1. The van der Waals surface area contributed by atoms with Crippen molar-refractivity contribution in [2.75, 3.05) is 6.54 Å². The highest BCUT2D eigenvalue weighted by molar-refractivity contribution is 5.77. The van der Waals surface area contributed by atoms with Crippen LogP contribution in [0.15, 0.2) is 48.7 Å². The van der Waals surface area contributed by atoms with E-state index in [1.54, 1.807) is 0 Å².